The van der Waals surface area contributed by atoms with Crippen molar-refractivity contribution in [2.45, 2.75) is 0 Å². The quantitative estimate of drug-likeness (QED) is 0.258. The molecule has 0 aliphatic rings. The summed E-state index contributed by atoms with van der Waals surface area (Å²) in [4.78, 5) is 8.25. The van der Waals surface area contributed by atoms with Gasteiger partial charge >= 0.3 is 17.1 Å². The Kier molecular flexibility index (Phi) is 6.57. The van der Waals surface area contributed by atoms with Gasteiger partial charge in [-0.3, -0.25) is 0 Å². The van der Waals surface area contributed by atoms with Crippen molar-refractivity contribution in [1.29, 1.82) is 0 Å². The fourth-order valence-electron chi connectivity index (χ4n) is 0. The van der Waals surface area contributed by atoms with Gasteiger partial charge in [0.25, 0.3) is 0 Å². The van der Waals surface area contributed by atoms with Crippen LogP contribution in [0.25, 0.3) is 0 Å². The van der Waals surface area contributed by atoms with E-state index in [0.29, 0.717) is 0 Å². The van der Waals surface area contributed by atoms with Gasteiger partial charge in [0.1, 0.15) is 0 Å². The van der Waals surface area contributed by atoms with Crippen LogP contribution in [0.4, 0.5) is 0 Å². The van der Waals surface area contributed by atoms with E-state index < -0.39 is 5.09 Å². The van der Waals surface area contributed by atoms with Gasteiger partial charge in [-0.15, -0.1) is 0 Å². The molecular formula is HCuNO3. The molecule has 0 spiro atoms. The van der Waals surface area contributed by atoms with Crippen molar-refractivity contribution in [3.05, 3.63) is 15.3 Å². The standard InChI is InChI=1S/Cu.NO3.H/c;2-1(3)4;/q+2;2*-1. The number of rotatable bonds is 0. The van der Waals surface area contributed by atoms with Crippen LogP contribution in [-0.2, 0) is 17.1 Å². The Morgan fingerprint density at radius 3 is 1.60 bits per heavy atom. The molecule has 0 aromatic rings. The first-order chi connectivity index (χ1) is 1.73. The molecule has 0 amide bonds. The van der Waals surface area contributed by atoms with Crippen molar-refractivity contribution in [3.63, 3.8) is 0 Å². The van der Waals surface area contributed by atoms with E-state index in [0.717, 1.165) is 0 Å². The maximum absolute atomic E-state index is 8.25. The third-order valence-corrected chi connectivity index (χ3v) is 0. The molecule has 0 rings (SSSR count). The van der Waals surface area contributed by atoms with Crippen LogP contribution in [0, 0.1) is 15.3 Å². The van der Waals surface area contributed by atoms with E-state index in [4.69, 9.17) is 15.3 Å². The first-order valence-electron chi connectivity index (χ1n) is 0.548. The minimum atomic E-state index is -1.75. The van der Waals surface area contributed by atoms with Gasteiger partial charge in [0.05, 0.1) is 5.09 Å². The summed E-state index contributed by atoms with van der Waals surface area (Å²) >= 11 is 0. The van der Waals surface area contributed by atoms with Gasteiger partial charge in [0.2, 0.25) is 0 Å². The molecule has 0 unspecified atom stereocenters. The molecule has 0 fully saturated rings. The molecule has 0 aliphatic carbocycles. The van der Waals surface area contributed by atoms with Crippen LogP contribution in [-0.4, -0.2) is 5.09 Å². The summed E-state index contributed by atoms with van der Waals surface area (Å²) in [6, 6.07) is 0. The Morgan fingerprint density at radius 2 is 1.60 bits per heavy atom. The molecular weight excluding hydrogens is 126 g/mol. The van der Waals surface area contributed by atoms with Crippen molar-refractivity contribution in [2.24, 2.45) is 0 Å². The van der Waals surface area contributed by atoms with Crippen LogP contribution in [0.5, 0.6) is 0 Å². The number of hydrogen-bond acceptors (Lipinski definition) is 3. The first kappa shape index (κ1) is 8.83. The van der Waals surface area contributed by atoms with Gasteiger partial charge in [-0.25, -0.2) is 0 Å². The van der Waals surface area contributed by atoms with E-state index >= 15 is 0 Å². The molecule has 5 heavy (non-hydrogen) atoms. The molecule has 0 saturated carbocycles. The van der Waals surface area contributed by atoms with Crippen molar-refractivity contribution in [2.75, 3.05) is 0 Å². The van der Waals surface area contributed by atoms with Crippen LogP contribution in [0.15, 0.2) is 0 Å². The molecule has 0 saturated heterocycles. The normalized spacial score (nSPS) is 4.80. The Morgan fingerprint density at radius 1 is 1.60 bits per heavy atom. The average Bonchev–Trinajstić information content (AvgIpc) is 0.811. The predicted molar refractivity (Wildman–Crippen MR) is 11.5 cm³/mol. The summed E-state index contributed by atoms with van der Waals surface area (Å²) in [7, 11) is 0. The molecule has 5 heteroatoms. The average molecular weight is 127 g/mol. The monoisotopic (exact) mass is 126 g/mol. The summed E-state index contributed by atoms with van der Waals surface area (Å²) in [5.41, 5.74) is 0. The minimum Gasteiger partial charge on any atom is -1.00 e. The molecule has 0 atom stereocenters. The molecule has 0 heterocycles. The first-order valence-corrected chi connectivity index (χ1v) is 0.548. The van der Waals surface area contributed by atoms with Crippen LogP contribution >= 0.6 is 0 Å². The maximum Gasteiger partial charge on any atom is 2.00 e. The second-order valence-electron chi connectivity index (χ2n) is 0.224. The van der Waals surface area contributed by atoms with Gasteiger partial charge in [-0.2, -0.15) is 0 Å². The van der Waals surface area contributed by atoms with Crippen molar-refractivity contribution < 1.29 is 23.6 Å². The molecule has 0 aliphatic heterocycles. The zero-order chi connectivity index (χ0) is 3.58. The van der Waals surface area contributed by atoms with Gasteiger partial charge in [0.15, 0.2) is 0 Å². The zero-order valence-electron chi connectivity index (χ0n) is 2.97. The fraction of sp³-hybridized carbons (Fsp3) is 0. The third-order valence-electron chi connectivity index (χ3n) is 0. The third kappa shape index (κ3) is 140. The SMILES string of the molecule is O=[N+]([O-])[O-].[Cu+2].[H-]. The van der Waals surface area contributed by atoms with E-state index in [1.165, 1.54) is 0 Å². The van der Waals surface area contributed by atoms with Gasteiger partial charge in [-0.1, -0.05) is 0 Å². The van der Waals surface area contributed by atoms with Crippen molar-refractivity contribution >= 4 is 0 Å². The van der Waals surface area contributed by atoms with E-state index in [1.54, 1.807) is 0 Å². The zero-order valence-corrected chi connectivity index (χ0v) is 2.92. The topological polar surface area (TPSA) is 66.2 Å². The van der Waals surface area contributed by atoms with Crippen LogP contribution in [0.2, 0.25) is 0 Å². The molecule has 4 nitrogen and oxygen atoms in total. The van der Waals surface area contributed by atoms with E-state index in [9.17, 15) is 0 Å². The summed E-state index contributed by atoms with van der Waals surface area (Å²) in [5.74, 6) is 0. The molecule has 0 bridgehead atoms. The Bertz CT molecular complexity index is 33.8. The van der Waals surface area contributed by atoms with E-state index in [-0.39, 0.29) is 18.5 Å². The van der Waals surface area contributed by atoms with Crippen LogP contribution in [0.1, 0.15) is 1.43 Å². The van der Waals surface area contributed by atoms with Gasteiger partial charge in [0, 0.05) is 0 Å². The number of hydrogen-bond donors (Lipinski definition) is 0. The number of nitrogens with zero attached hydrogens (tertiary/aromatic N) is 1. The van der Waals surface area contributed by atoms with Crippen LogP contribution < -0.4 is 0 Å². The van der Waals surface area contributed by atoms with Gasteiger partial charge in [-0.05, 0) is 0 Å². The summed E-state index contributed by atoms with van der Waals surface area (Å²) < 4.78 is 0. The van der Waals surface area contributed by atoms with Crippen molar-refractivity contribution in [3.8, 4) is 0 Å². The van der Waals surface area contributed by atoms with E-state index in [1.807, 2.05) is 0 Å². The molecule has 0 aromatic carbocycles. The second-order valence-corrected chi connectivity index (χ2v) is 0.224. The second kappa shape index (κ2) is 3.72. The Labute approximate surface area is 39.9 Å². The largest absolute Gasteiger partial charge is 2.00 e. The van der Waals surface area contributed by atoms with E-state index in [2.05, 4.69) is 0 Å². The van der Waals surface area contributed by atoms with Gasteiger partial charge < -0.3 is 16.7 Å². The summed E-state index contributed by atoms with van der Waals surface area (Å²) in [6.45, 7) is 0. The minimum absolute atomic E-state index is 0. The summed E-state index contributed by atoms with van der Waals surface area (Å²) in [5, 5.41) is 14.8. The molecule has 35 valence electrons. The Balaban J connectivity index is -0.0000000450. The molecule has 0 aromatic heterocycles. The predicted octanol–water partition coefficient (Wildman–Crippen LogP) is -0.129. The maximum atomic E-state index is 8.25. The van der Waals surface area contributed by atoms with Crippen molar-refractivity contribution in [1.82, 2.24) is 0 Å². The molecule has 0 N–H and O–H groups in total. The van der Waals surface area contributed by atoms with Crippen LogP contribution in [0.3, 0.4) is 0 Å². The smallest absolute Gasteiger partial charge is 1.00 e. The Hall–Kier alpha value is -0.281. The summed E-state index contributed by atoms with van der Waals surface area (Å²) in [6.07, 6.45) is 0. The molecule has 1 radical (unpaired) electrons. The fourth-order valence-corrected chi connectivity index (χ4v) is 0.